The smallest absolute Gasteiger partial charge is 0.175 e. The maximum absolute atomic E-state index is 6.10. The largest absolute Gasteiger partial charge is 0.467 e. The third kappa shape index (κ3) is 2.44. The van der Waals surface area contributed by atoms with E-state index in [9.17, 15) is 0 Å². The predicted molar refractivity (Wildman–Crippen MR) is 70.0 cm³/mol. The van der Waals surface area contributed by atoms with Crippen LogP contribution in [0, 0.1) is 0 Å². The highest BCUT2D eigenvalue weighted by Gasteiger charge is 2.31. The predicted octanol–water partition coefficient (Wildman–Crippen LogP) is 3.55. The Morgan fingerprint density at radius 3 is 2.83 bits per heavy atom. The molecule has 1 aliphatic rings. The van der Waals surface area contributed by atoms with Gasteiger partial charge in [-0.1, -0.05) is 23.2 Å². The molecule has 0 N–H and O–H groups in total. The van der Waals surface area contributed by atoms with Gasteiger partial charge < -0.3 is 9.32 Å². The molecule has 0 unspecified atom stereocenters. The first-order chi connectivity index (χ1) is 8.74. The van der Waals surface area contributed by atoms with Crippen molar-refractivity contribution in [3.8, 4) is 0 Å². The van der Waals surface area contributed by atoms with Gasteiger partial charge in [-0.3, -0.25) is 0 Å². The van der Waals surface area contributed by atoms with E-state index in [0.29, 0.717) is 22.9 Å². The summed E-state index contributed by atoms with van der Waals surface area (Å²) in [7, 11) is 0. The average Bonchev–Trinajstić information content (AvgIpc) is 3.07. The molecule has 6 heteroatoms. The van der Waals surface area contributed by atoms with Crippen LogP contribution in [0.2, 0.25) is 10.3 Å². The standard InChI is InChI=1S/C12H11Cl2N3O/c13-11-6-10(12(14)16-15-11)17(8-3-4-8)7-9-2-1-5-18-9/h1-2,5-6,8H,3-4,7H2. The summed E-state index contributed by atoms with van der Waals surface area (Å²) >= 11 is 12.0. The Hall–Kier alpha value is -1.26. The van der Waals surface area contributed by atoms with Gasteiger partial charge in [-0.15, -0.1) is 10.2 Å². The molecule has 0 atom stereocenters. The van der Waals surface area contributed by atoms with Gasteiger partial charge in [0.25, 0.3) is 0 Å². The third-order valence-corrected chi connectivity index (χ3v) is 3.36. The zero-order valence-electron chi connectivity index (χ0n) is 9.51. The Kier molecular flexibility index (Phi) is 3.14. The lowest BCUT2D eigenvalue weighted by Crippen LogP contribution is -2.25. The van der Waals surface area contributed by atoms with Crippen molar-refractivity contribution in [1.82, 2.24) is 10.2 Å². The van der Waals surface area contributed by atoms with Crippen LogP contribution in [0.5, 0.6) is 0 Å². The molecule has 4 nitrogen and oxygen atoms in total. The second-order valence-electron chi connectivity index (χ2n) is 4.28. The number of anilines is 1. The summed E-state index contributed by atoms with van der Waals surface area (Å²) in [6.07, 6.45) is 3.97. The van der Waals surface area contributed by atoms with Crippen LogP contribution in [0.25, 0.3) is 0 Å². The summed E-state index contributed by atoms with van der Waals surface area (Å²) in [6.45, 7) is 0.666. The summed E-state index contributed by atoms with van der Waals surface area (Å²) in [5.74, 6) is 0.894. The van der Waals surface area contributed by atoms with Gasteiger partial charge in [0, 0.05) is 12.1 Å². The molecule has 1 fully saturated rings. The monoisotopic (exact) mass is 283 g/mol. The van der Waals surface area contributed by atoms with Crippen LogP contribution >= 0.6 is 23.2 Å². The van der Waals surface area contributed by atoms with Gasteiger partial charge in [-0.05, 0) is 25.0 Å². The van der Waals surface area contributed by atoms with Crippen molar-refractivity contribution < 1.29 is 4.42 Å². The highest BCUT2D eigenvalue weighted by atomic mass is 35.5. The highest BCUT2D eigenvalue weighted by Crippen LogP contribution is 2.36. The Labute approximate surface area is 115 Å². The minimum Gasteiger partial charge on any atom is -0.467 e. The lowest BCUT2D eigenvalue weighted by atomic mass is 10.3. The summed E-state index contributed by atoms with van der Waals surface area (Å²) in [4.78, 5) is 2.17. The van der Waals surface area contributed by atoms with Crippen molar-refractivity contribution in [3.63, 3.8) is 0 Å². The minimum atomic E-state index is 0.347. The van der Waals surface area contributed by atoms with E-state index in [4.69, 9.17) is 27.6 Å². The molecule has 0 saturated heterocycles. The molecular weight excluding hydrogens is 273 g/mol. The SMILES string of the molecule is Clc1cc(N(Cc2ccco2)C2CC2)c(Cl)nn1. The Morgan fingerprint density at radius 2 is 2.17 bits per heavy atom. The van der Waals surface area contributed by atoms with Crippen LogP contribution < -0.4 is 4.90 Å². The number of furan rings is 1. The molecule has 0 aliphatic heterocycles. The van der Waals surface area contributed by atoms with E-state index >= 15 is 0 Å². The first-order valence-electron chi connectivity index (χ1n) is 5.72. The summed E-state index contributed by atoms with van der Waals surface area (Å²) < 4.78 is 5.38. The van der Waals surface area contributed by atoms with Crippen LogP contribution in [0.1, 0.15) is 18.6 Å². The van der Waals surface area contributed by atoms with Crippen LogP contribution in [-0.4, -0.2) is 16.2 Å². The quantitative estimate of drug-likeness (QED) is 0.861. The molecule has 1 aliphatic carbocycles. The summed E-state index contributed by atoms with van der Waals surface area (Å²) in [6, 6.07) is 6.05. The fourth-order valence-corrected chi connectivity index (χ4v) is 2.26. The Morgan fingerprint density at radius 1 is 1.33 bits per heavy atom. The average molecular weight is 284 g/mol. The van der Waals surface area contributed by atoms with Crippen molar-refractivity contribution in [3.05, 3.63) is 40.5 Å². The van der Waals surface area contributed by atoms with Gasteiger partial charge in [0.2, 0.25) is 0 Å². The number of nitrogens with zero attached hydrogens (tertiary/aromatic N) is 3. The van der Waals surface area contributed by atoms with Crippen molar-refractivity contribution in [2.75, 3.05) is 4.90 Å². The molecule has 2 heterocycles. The molecule has 0 bridgehead atoms. The molecule has 0 amide bonds. The topological polar surface area (TPSA) is 42.2 Å². The van der Waals surface area contributed by atoms with Crippen molar-refractivity contribution in [1.29, 1.82) is 0 Å². The summed E-state index contributed by atoms with van der Waals surface area (Å²) in [5.41, 5.74) is 0.815. The maximum atomic E-state index is 6.10. The molecule has 2 aromatic heterocycles. The van der Waals surface area contributed by atoms with Gasteiger partial charge in [0.15, 0.2) is 10.3 Å². The van der Waals surface area contributed by atoms with Crippen LogP contribution in [0.15, 0.2) is 28.9 Å². The Bertz CT molecular complexity index is 540. The molecule has 1 saturated carbocycles. The molecule has 3 rings (SSSR count). The van der Waals surface area contributed by atoms with Gasteiger partial charge in [0.1, 0.15) is 5.76 Å². The number of rotatable bonds is 4. The van der Waals surface area contributed by atoms with E-state index in [1.54, 1.807) is 12.3 Å². The van der Waals surface area contributed by atoms with Crippen LogP contribution in [0.4, 0.5) is 5.69 Å². The zero-order chi connectivity index (χ0) is 12.5. The molecule has 94 valence electrons. The number of aromatic nitrogens is 2. The van der Waals surface area contributed by atoms with Crippen molar-refractivity contribution in [2.24, 2.45) is 0 Å². The third-order valence-electron chi connectivity index (χ3n) is 2.90. The second-order valence-corrected chi connectivity index (χ2v) is 5.03. The summed E-state index contributed by atoms with van der Waals surface area (Å²) in [5, 5.41) is 8.30. The lowest BCUT2D eigenvalue weighted by molar-refractivity contribution is 0.501. The van der Waals surface area contributed by atoms with Gasteiger partial charge in [-0.2, -0.15) is 0 Å². The number of hydrogen-bond acceptors (Lipinski definition) is 4. The molecule has 0 spiro atoms. The highest BCUT2D eigenvalue weighted by molar-refractivity contribution is 6.33. The van der Waals surface area contributed by atoms with E-state index in [1.807, 2.05) is 12.1 Å². The Balaban J connectivity index is 1.91. The van der Waals surface area contributed by atoms with Crippen molar-refractivity contribution >= 4 is 28.9 Å². The van der Waals surface area contributed by atoms with E-state index in [2.05, 4.69) is 15.1 Å². The lowest BCUT2D eigenvalue weighted by Gasteiger charge is -2.23. The second kappa shape index (κ2) is 4.78. The van der Waals surface area contributed by atoms with E-state index in [1.165, 1.54) is 0 Å². The van der Waals surface area contributed by atoms with Crippen LogP contribution in [0.3, 0.4) is 0 Å². The maximum Gasteiger partial charge on any atom is 0.175 e. The fourth-order valence-electron chi connectivity index (χ4n) is 1.91. The van der Waals surface area contributed by atoms with E-state index < -0.39 is 0 Å². The number of hydrogen-bond donors (Lipinski definition) is 0. The first-order valence-corrected chi connectivity index (χ1v) is 6.47. The molecule has 2 aromatic rings. The van der Waals surface area contributed by atoms with E-state index in [-0.39, 0.29) is 0 Å². The van der Waals surface area contributed by atoms with E-state index in [0.717, 1.165) is 24.3 Å². The van der Waals surface area contributed by atoms with Crippen LogP contribution in [-0.2, 0) is 6.54 Å². The minimum absolute atomic E-state index is 0.347. The molecule has 18 heavy (non-hydrogen) atoms. The molecule has 0 radical (unpaired) electrons. The van der Waals surface area contributed by atoms with Gasteiger partial charge >= 0.3 is 0 Å². The number of halogens is 2. The first kappa shape index (κ1) is 11.8. The van der Waals surface area contributed by atoms with Gasteiger partial charge in [0.05, 0.1) is 18.5 Å². The normalized spacial score (nSPS) is 14.8. The zero-order valence-corrected chi connectivity index (χ0v) is 11.0. The van der Waals surface area contributed by atoms with Crippen molar-refractivity contribution in [2.45, 2.75) is 25.4 Å². The fraction of sp³-hybridized carbons (Fsp3) is 0.333. The molecular formula is C12H11Cl2N3O. The molecule has 0 aromatic carbocycles. The van der Waals surface area contributed by atoms with Gasteiger partial charge in [-0.25, -0.2) is 0 Å².